The molecule has 8 atom stereocenters. The Morgan fingerprint density at radius 2 is 1.84 bits per heavy atom. The summed E-state index contributed by atoms with van der Waals surface area (Å²) in [6.07, 6.45) is 16.7. The van der Waals surface area contributed by atoms with Gasteiger partial charge in [-0.15, -0.1) is 0 Å². The van der Waals surface area contributed by atoms with Crippen molar-refractivity contribution in [1.29, 1.82) is 0 Å². The highest BCUT2D eigenvalue weighted by atomic mass is 16.5. The van der Waals surface area contributed by atoms with Gasteiger partial charge in [0.1, 0.15) is 6.10 Å². The first-order chi connectivity index (χ1) is 18.0. The number of carbonyl (C=O) groups excluding carboxylic acids is 1. The van der Waals surface area contributed by atoms with E-state index in [1.807, 2.05) is 19.1 Å². The highest BCUT2D eigenvalue weighted by Crippen LogP contribution is 2.67. The van der Waals surface area contributed by atoms with Crippen LogP contribution in [0.3, 0.4) is 0 Å². The van der Waals surface area contributed by atoms with E-state index in [9.17, 15) is 4.79 Å². The molecule has 3 saturated carbocycles. The second-order valence-corrected chi connectivity index (χ2v) is 14.6. The van der Waals surface area contributed by atoms with Crippen LogP contribution in [0.4, 0.5) is 5.69 Å². The Hall–Kier alpha value is -1.77. The Bertz CT molecular complexity index is 1060. The van der Waals surface area contributed by atoms with E-state index in [0.29, 0.717) is 16.7 Å². The third-order valence-corrected chi connectivity index (χ3v) is 12.0. The number of carbonyl (C=O) groups is 1. The minimum absolute atomic E-state index is 0.00765. The zero-order valence-corrected chi connectivity index (χ0v) is 25.0. The van der Waals surface area contributed by atoms with E-state index in [0.717, 1.165) is 60.3 Å². The number of benzene rings is 1. The fourth-order valence-corrected chi connectivity index (χ4v) is 9.88. The normalized spacial score (nSPS) is 37.1. The van der Waals surface area contributed by atoms with E-state index in [1.54, 1.807) is 11.6 Å². The number of allylic oxidation sites excluding steroid dienone is 1. The quantitative estimate of drug-likeness (QED) is 0.222. The molecule has 0 radical (unpaired) electrons. The maximum atomic E-state index is 13.0. The molecule has 0 aromatic heterocycles. The fourth-order valence-electron chi connectivity index (χ4n) is 9.88. The van der Waals surface area contributed by atoms with Crippen molar-refractivity contribution < 1.29 is 9.53 Å². The van der Waals surface area contributed by atoms with Gasteiger partial charge < -0.3 is 10.5 Å². The van der Waals surface area contributed by atoms with Crippen molar-refractivity contribution in [2.45, 2.75) is 118 Å². The first kappa shape index (κ1) is 27.8. The number of aryl methyl sites for hydroxylation is 1. The van der Waals surface area contributed by atoms with Gasteiger partial charge in [-0.05, 0) is 122 Å². The number of nitrogens with two attached hydrogens (primary N) is 1. The van der Waals surface area contributed by atoms with Crippen LogP contribution in [0.1, 0.15) is 121 Å². The van der Waals surface area contributed by atoms with Gasteiger partial charge in [0.15, 0.2) is 0 Å². The number of nitrogen functional groups attached to an aromatic ring is 1. The van der Waals surface area contributed by atoms with Crippen LogP contribution in [-0.4, -0.2) is 12.1 Å². The van der Waals surface area contributed by atoms with E-state index in [-0.39, 0.29) is 17.5 Å². The van der Waals surface area contributed by atoms with E-state index in [1.165, 1.54) is 51.4 Å². The topological polar surface area (TPSA) is 52.3 Å². The van der Waals surface area contributed by atoms with Gasteiger partial charge in [-0.1, -0.05) is 65.5 Å². The van der Waals surface area contributed by atoms with E-state index < -0.39 is 0 Å². The number of rotatable bonds is 7. The minimum atomic E-state index is -0.196. The largest absolute Gasteiger partial charge is 0.458 e. The highest BCUT2D eigenvalue weighted by Gasteiger charge is 2.59. The lowest BCUT2D eigenvalue weighted by Gasteiger charge is -2.58. The Labute approximate surface area is 232 Å². The first-order valence-electron chi connectivity index (χ1n) is 15.8. The summed E-state index contributed by atoms with van der Waals surface area (Å²) in [5.74, 6) is 4.93. The SMILES string of the molecule is Cc1cc(N)ccc1C(=O)OC1CC[C@]2(C)C(=CC[C@@H]3[C@@H]2CC[C@]2(C)C(C(C)CCCC(C)C)CC[C@@H]32)C1. The molecule has 0 heterocycles. The Morgan fingerprint density at radius 1 is 1.05 bits per heavy atom. The molecule has 38 heavy (non-hydrogen) atoms. The van der Waals surface area contributed by atoms with E-state index >= 15 is 0 Å². The summed E-state index contributed by atoms with van der Waals surface area (Å²) in [7, 11) is 0. The zero-order valence-electron chi connectivity index (χ0n) is 25.0. The molecule has 3 nitrogen and oxygen atoms in total. The van der Waals surface area contributed by atoms with Crippen molar-refractivity contribution in [3.8, 4) is 0 Å². The molecule has 0 saturated heterocycles. The maximum Gasteiger partial charge on any atom is 0.338 e. The van der Waals surface area contributed by atoms with Gasteiger partial charge in [-0.2, -0.15) is 0 Å². The van der Waals surface area contributed by atoms with Crippen molar-refractivity contribution in [2.75, 3.05) is 5.73 Å². The Kier molecular flexibility index (Phi) is 7.79. The standard InChI is InChI=1S/C35H53NO2/c1-22(2)8-7-9-23(3)30-14-15-31-29-12-10-25-21-27(38-33(37)28-13-11-26(36)20-24(28)4)16-18-34(25,5)32(29)17-19-35(30,31)6/h10-11,13,20,22-23,27,29-32H,7-9,12,14-19,21,36H2,1-6H3/t23?,27?,29-,30?,31-,32-,34+,35+/m0/s1. The molecular formula is C35H53NO2. The zero-order chi connectivity index (χ0) is 27.2. The molecule has 3 unspecified atom stereocenters. The smallest absolute Gasteiger partial charge is 0.338 e. The molecule has 1 aromatic carbocycles. The van der Waals surface area contributed by atoms with Gasteiger partial charge >= 0.3 is 5.97 Å². The predicted octanol–water partition coefficient (Wildman–Crippen LogP) is 9.14. The number of hydrogen-bond donors (Lipinski definition) is 1. The molecule has 3 fully saturated rings. The molecule has 3 heteroatoms. The second-order valence-electron chi connectivity index (χ2n) is 14.6. The van der Waals surface area contributed by atoms with Gasteiger partial charge in [0.05, 0.1) is 5.56 Å². The van der Waals surface area contributed by atoms with Gasteiger partial charge in [0, 0.05) is 12.1 Å². The summed E-state index contributed by atoms with van der Waals surface area (Å²) in [6, 6.07) is 5.46. The molecule has 210 valence electrons. The van der Waals surface area contributed by atoms with Crippen LogP contribution in [0, 0.1) is 53.3 Å². The lowest BCUT2D eigenvalue weighted by Crippen LogP contribution is -2.51. The summed E-state index contributed by atoms with van der Waals surface area (Å²) in [4.78, 5) is 13.0. The number of esters is 1. The van der Waals surface area contributed by atoms with Crippen LogP contribution in [0.15, 0.2) is 29.8 Å². The summed E-state index contributed by atoms with van der Waals surface area (Å²) < 4.78 is 6.08. The highest BCUT2D eigenvalue weighted by molar-refractivity contribution is 5.91. The number of ether oxygens (including phenoxy) is 1. The van der Waals surface area contributed by atoms with Crippen molar-refractivity contribution in [3.63, 3.8) is 0 Å². The molecule has 0 aliphatic heterocycles. The fraction of sp³-hybridized carbons (Fsp3) is 0.743. The van der Waals surface area contributed by atoms with E-state index in [2.05, 4.69) is 40.7 Å². The average molecular weight is 520 g/mol. The molecule has 5 rings (SSSR count). The third-order valence-electron chi connectivity index (χ3n) is 12.0. The molecule has 0 spiro atoms. The van der Waals surface area contributed by atoms with Crippen molar-refractivity contribution in [1.82, 2.24) is 0 Å². The van der Waals surface area contributed by atoms with Gasteiger partial charge in [0.2, 0.25) is 0 Å². The summed E-state index contributed by atoms with van der Waals surface area (Å²) in [5, 5.41) is 0. The monoisotopic (exact) mass is 519 g/mol. The number of anilines is 1. The van der Waals surface area contributed by atoms with E-state index in [4.69, 9.17) is 10.5 Å². The molecular weight excluding hydrogens is 466 g/mol. The lowest BCUT2D eigenvalue weighted by molar-refractivity contribution is -0.0594. The summed E-state index contributed by atoms with van der Waals surface area (Å²) >= 11 is 0. The van der Waals surface area contributed by atoms with Crippen LogP contribution in [0.2, 0.25) is 0 Å². The van der Waals surface area contributed by atoms with Crippen LogP contribution >= 0.6 is 0 Å². The molecule has 2 N–H and O–H groups in total. The van der Waals surface area contributed by atoms with Crippen molar-refractivity contribution >= 4 is 11.7 Å². The van der Waals surface area contributed by atoms with Crippen LogP contribution in [0.25, 0.3) is 0 Å². The average Bonchev–Trinajstić information content (AvgIpc) is 3.21. The molecule has 1 aromatic rings. The summed E-state index contributed by atoms with van der Waals surface area (Å²) in [5.41, 5.74) is 10.5. The lowest BCUT2D eigenvalue weighted by atomic mass is 9.47. The predicted molar refractivity (Wildman–Crippen MR) is 158 cm³/mol. The third kappa shape index (κ3) is 4.97. The van der Waals surface area contributed by atoms with Crippen LogP contribution in [0.5, 0.6) is 0 Å². The molecule has 4 aliphatic carbocycles. The molecule has 4 aliphatic rings. The first-order valence-corrected chi connectivity index (χ1v) is 15.8. The van der Waals surface area contributed by atoms with Gasteiger partial charge in [0.25, 0.3) is 0 Å². The van der Waals surface area contributed by atoms with Gasteiger partial charge in [-0.3, -0.25) is 0 Å². The summed E-state index contributed by atoms with van der Waals surface area (Å²) in [6.45, 7) is 14.5. The maximum absolute atomic E-state index is 13.0. The molecule has 0 bridgehead atoms. The number of fused-ring (bicyclic) bond motifs is 5. The Balaban J connectivity index is 1.25. The van der Waals surface area contributed by atoms with Crippen molar-refractivity contribution in [2.24, 2.45) is 46.3 Å². The second kappa shape index (κ2) is 10.7. The number of hydrogen-bond acceptors (Lipinski definition) is 3. The minimum Gasteiger partial charge on any atom is -0.458 e. The van der Waals surface area contributed by atoms with Crippen LogP contribution in [-0.2, 0) is 4.74 Å². The van der Waals surface area contributed by atoms with Crippen molar-refractivity contribution in [3.05, 3.63) is 41.0 Å². The van der Waals surface area contributed by atoms with Gasteiger partial charge in [-0.25, -0.2) is 4.79 Å². The molecule has 0 amide bonds. The Morgan fingerprint density at radius 3 is 2.58 bits per heavy atom. The van der Waals surface area contributed by atoms with Crippen LogP contribution < -0.4 is 5.73 Å².